The van der Waals surface area contributed by atoms with Crippen molar-refractivity contribution in [3.05, 3.63) is 29.3 Å². The molecule has 0 aliphatic carbocycles. The van der Waals surface area contributed by atoms with E-state index in [9.17, 15) is 18.3 Å². The Morgan fingerprint density at radius 1 is 1.33 bits per heavy atom. The number of hydrogen-bond acceptors (Lipinski definition) is 2. The Labute approximate surface area is 84.7 Å². The van der Waals surface area contributed by atoms with Crippen LogP contribution in [0.5, 0.6) is 5.75 Å². The lowest BCUT2D eigenvalue weighted by molar-refractivity contribution is -0.157. The number of hydrogen-bond donors (Lipinski definition) is 2. The molecule has 2 nitrogen and oxygen atoms in total. The van der Waals surface area contributed by atoms with Crippen molar-refractivity contribution in [1.29, 1.82) is 0 Å². The third kappa shape index (κ3) is 1.92. The summed E-state index contributed by atoms with van der Waals surface area (Å²) in [6.45, 7) is 0.147. The van der Waals surface area contributed by atoms with Gasteiger partial charge in [-0.25, -0.2) is 0 Å². The number of phenolic OH excluding ortho intramolecular Hbond substituents is 1. The van der Waals surface area contributed by atoms with Crippen molar-refractivity contribution in [3.63, 3.8) is 0 Å². The third-order valence-electron chi connectivity index (χ3n) is 2.59. The fourth-order valence-electron chi connectivity index (χ4n) is 1.76. The van der Waals surface area contributed by atoms with Crippen LogP contribution in [0.2, 0.25) is 0 Å². The summed E-state index contributed by atoms with van der Waals surface area (Å²) in [6.07, 6.45) is -4.47. The second kappa shape index (κ2) is 3.41. The van der Waals surface area contributed by atoms with Gasteiger partial charge in [0.2, 0.25) is 0 Å². The van der Waals surface area contributed by atoms with Gasteiger partial charge in [-0.05, 0) is 11.6 Å². The number of nitrogens with one attached hydrogen (secondary N) is 1. The molecule has 2 N–H and O–H groups in total. The maximum absolute atomic E-state index is 12.4. The maximum atomic E-state index is 12.4. The summed E-state index contributed by atoms with van der Waals surface area (Å²) in [5, 5.41) is 11.9. The zero-order valence-electron chi connectivity index (χ0n) is 7.80. The zero-order valence-corrected chi connectivity index (χ0v) is 7.80. The molecule has 82 valence electrons. The highest BCUT2D eigenvalue weighted by atomic mass is 19.4. The fourth-order valence-corrected chi connectivity index (χ4v) is 1.76. The second-order valence-electron chi connectivity index (χ2n) is 3.59. The molecule has 0 radical (unpaired) electrons. The molecule has 0 fully saturated rings. The quantitative estimate of drug-likeness (QED) is 0.696. The van der Waals surface area contributed by atoms with Crippen LogP contribution >= 0.6 is 0 Å². The Hall–Kier alpha value is -1.23. The number of benzene rings is 1. The van der Waals surface area contributed by atoms with Gasteiger partial charge in [0.25, 0.3) is 0 Å². The van der Waals surface area contributed by atoms with Gasteiger partial charge >= 0.3 is 6.18 Å². The first kappa shape index (κ1) is 10.3. The van der Waals surface area contributed by atoms with Gasteiger partial charge in [0, 0.05) is 18.5 Å². The summed E-state index contributed by atoms with van der Waals surface area (Å²) in [6, 6.07) is 3.20. The Morgan fingerprint density at radius 3 is 2.73 bits per heavy atom. The molecule has 1 aliphatic heterocycles. The summed E-state index contributed by atoms with van der Waals surface area (Å²) >= 11 is 0. The van der Waals surface area contributed by atoms with Crippen LogP contribution in [0.1, 0.15) is 11.1 Å². The van der Waals surface area contributed by atoms with E-state index in [4.69, 9.17) is 0 Å². The highest BCUT2D eigenvalue weighted by Crippen LogP contribution is 2.31. The van der Waals surface area contributed by atoms with Crippen molar-refractivity contribution in [2.75, 3.05) is 0 Å². The van der Waals surface area contributed by atoms with Crippen LogP contribution in [0, 0.1) is 0 Å². The molecule has 0 amide bonds. The number of fused-ring (bicyclic) bond motifs is 1. The molecule has 1 unspecified atom stereocenters. The van der Waals surface area contributed by atoms with E-state index in [1.807, 2.05) is 0 Å². The van der Waals surface area contributed by atoms with E-state index in [1.54, 1.807) is 12.1 Å². The molecule has 1 aliphatic rings. The molecule has 1 aromatic carbocycles. The van der Waals surface area contributed by atoms with Crippen LogP contribution in [-0.2, 0) is 13.0 Å². The predicted octanol–water partition coefficient (Wildman–Crippen LogP) is 1.97. The normalized spacial score (nSPS) is 21.1. The minimum Gasteiger partial charge on any atom is -0.508 e. The highest BCUT2D eigenvalue weighted by Gasteiger charge is 2.41. The van der Waals surface area contributed by atoms with Crippen LogP contribution in [0.4, 0.5) is 13.2 Å². The van der Waals surface area contributed by atoms with Gasteiger partial charge in [-0.15, -0.1) is 0 Å². The SMILES string of the molecule is Oc1cccc2c1CC(C(F)(F)F)NC2. The van der Waals surface area contributed by atoms with Crippen molar-refractivity contribution in [1.82, 2.24) is 5.32 Å². The Bertz CT molecular complexity index is 375. The number of phenols is 1. The second-order valence-corrected chi connectivity index (χ2v) is 3.59. The summed E-state index contributed by atoms with van der Waals surface area (Å²) in [7, 11) is 0. The average molecular weight is 217 g/mol. The van der Waals surface area contributed by atoms with Crippen molar-refractivity contribution < 1.29 is 18.3 Å². The van der Waals surface area contributed by atoms with Crippen LogP contribution in [0.25, 0.3) is 0 Å². The average Bonchev–Trinajstić information content (AvgIpc) is 2.16. The lowest BCUT2D eigenvalue weighted by Crippen LogP contribution is -2.46. The maximum Gasteiger partial charge on any atom is 0.404 e. The van der Waals surface area contributed by atoms with E-state index < -0.39 is 12.2 Å². The molecule has 2 rings (SSSR count). The Balaban J connectivity index is 2.30. The van der Waals surface area contributed by atoms with Gasteiger partial charge in [0.05, 0.1) is 0 Å². The van der Waals surface area contributed by atoms with E-state index in [0.29, 0.717) is 5.56 Å². The number of alkyl halides is 3. The number of rotatable bonds is 0. The van der Waals surface area contributed by atoms with E-state index in [-0.39, 0.29) is 18.7 Å². The van der Waals surface area contributed by atoms with Crippen LogP contribution in [0.3, 0.4) is 0 Å². The molecular weight excluding hydrogens is 207 g/mol. The van der Waals surface area contributed by atoms with Crippen molar-refractivity contribution in [3.8, 4) is 5.75 Å². The van der Waals surface area contributed by atoms with E-state index in [1.165, 1.54) is 6.07 Å². The minimum absolute atomic E-state index is 0.0525. The molecule has 5 heteroatoms. The van der Waals surface area contributed by atoms with Crippen molar-refractivity contribution >= 4 is 0 Å². The zero-order chi connectivity index (χ0) is 11.1. The largest absolute Gasteiger partial charge is 0.508 e. The molecule has 0 bridgehead atoms. The molecule has 0 aromatic heterocycles. The monoisotopic (exact) mass is 217 g/mol. The molecule has 1 aromatic rings. The predicted molar refractivity (Wildman–Crippen MR) is 48.5 cm³/mol. The van der Waals surface area contributed by atoms with Gasteiger partial charge in [-0.3, -0.25) is 0 Å². The Morgan fingerprint density at radius 2 is 2.07 bits per heavy atom. The molecule has 1 heterocycles. The van der Waals surface area contributed by atoms with E-state index >= 15 is 0 Å². The first-order chi connectivity index (χ1) is 6.98. The first-order valence-electron chi connectivity index (χ1n) is 4.58. The molecule has 0 spiro atoms. The smallest absolute Gasteiger partial charge is 0.404 e. The highest BCUT2D eigenvalue weighted by molar-refractivity contribution is 5.41. The van der Waals surface area contributed by atoms with Crippen LogP contribution < -0.4 is 5.32 Å². The van der Waals surface area contributed by atoms with E-state index in [2.05, 4.69) is 5.32 Å². The van der Waals surface area contributed by atoms with Gasteiger partial charge < -0.3 is 10.4 Å². The summed E-state index contributed by atoms with van der Waals surface area (Å²) in [4.78, 5) is 0. The lowest BCUT2D eigenvalue weighted by atomic mass is 9.95. The van der Waals surface area contributed by atoms with E-state index in [0.717, 1.165) is 5.56 Å². The first-order valence-corrected chi connectivity index (χ1v) is 4.58. The minimum atomic E-state index is -4.26. The molecule has 0 saturated carbocycles. The van der Waals surface area contributed by atoms with Gasteiger partial charge in [-0.1, -0.05) is 12.1 Å². The summed E-state index contributed by atoms with van der Waals surface area (Å²) < 4.78 is 37.3. The van der Waals surface area contributed by atoms with Gasteiger partial charge in [0.15, 0.2) is 0 Å². The summed E-state index contributed by atoms with van der Waals surface area (Å²) in [5.41, 5.74) is 1.13. The van der Waals surface area contributed by atoms with Crippen LogP contribution in [-0.4, -0.2) is 17.3 Å². The van der Waals surface area contributed by atoms with Gasteiger partial charge in [0.1, 0.15) is 11.8 Å². The number of halogens is 3. The van der Waals surface area contributed by atoms with Crippen LogP contribution in [0.15, 0.2) is 18.2 Å². The topological polar surface area (TPSA) is 32.3 Å². The summed E-state index contributed by atoms with van der Waals surface area (Å²) in [5.74, 6) is -0.0525. The molecule has 15 heavy (non-hydrogen) atoms. The van der Waals surface area contributed by atoms with Gasteiger partial charge in [-0.2, -0.15) is 13.2 Å². The Kier molecular flexibility index (Phi) is 2.34. The van der Waals surface area contributed by atoms with Crippen molar-refractivity contribution in [2.24, 2.45) is 0 Å². The standard InChI is InChI=1S/C10H10F3NO/c11-10(12,13)9-4-7-6(5-14-9)2-1-3-8(7)15/h1-3,9,14-15H,4-5H2. The lowest BCUT2D eigenvalue weighted by Gasteiger charge is -2.28. The molecule has 0 saturated heterocycles. The number of aromatic hydroxyl groups is 1. The molecule has 1 atom stereocenters. The molecular formula is C10H10F3NO. The fraction of sp³-hybridized carbons (Fsp3) is 0.400. The van der Waals surface area contributed by atoms with Crippen molar-refractivity contribution in [2.45, 2.75) is 25.2 Å². The third-order valence-corrected chi connectivity index (χ3v) is 2.59.